The zero-order chi connectivity index (χ0) is 24.4. The van der Waals surface area contributed by atoms with Crippen LogP contribution in [0.15, 0.2) is 22.8 Å². The molecule has 2 amide bonds. The molecule has 1 aromatic rings. The number of rotatable bonds is 3. The van der Waals surface area contributed by atoms with Crippen LogP contribution < -0.4 is 0 Å². The van der Waals surface area contributed by atoms with Crippen molar-refractivity contribution in [3.8, 4) is 0 Å². The van der Waals surface area contributed by atoms with Crippen molar-refractivity contribution < 1.29 is 37.1 Å². The molecule has 2 spiro atoms. The highest BCUT2D eigenvalue weighted by atomic mass is 19.4. The average Bonchev–Trinajstić information content (AvgIpc) is 3.45. The van der Waals surface area contributed by atoms with Crippen LogP contribution in [0.25, 0.3) is 0 Å². The molecule has 1 aromatic heterocycles. The van der Waals surface area contributed by atoms with E-state index in [0.29, 0.717) is 6.54 Å². The minimum Gasteiger partial charge on any atom is -0.475 e. The molecule has 33 heavy (non-hydrogen) atoms. The van der Waals surface area contributed by atoms with Crippen LogP contribution in [-0.4, -0.2) is 83.0 Å². The summed E-state index contributed by atoms with van der Waals surface area (Å²) in [5.74, 6) is -1.39. The molecule has 8 nitrogen and oxygen atoms in total. The first-order valence-electron chi connectivity index (χ1n) is 11.0. The molecule has 0 bridgehead atoms. The minimum absolute atomic E-state index is 0.0701. The van der Waals surface area contributed by atoms with Gasteiger partial charge in [-0.25, -0.2) is 4.79 Å². The molecule has 11 heteroatoms. The predicted octanol–water partition coefficient (Wildman–Crippen LogP) is 2.60. The van der Waals surface area contributed by atoms with Gasteiger partial charge in [-0.15, -0.1) is 0 Å². The van der Waals surface area contributed by atoms with Crippen LogP contribution in [0.1, 0.15) is 38.9 Å². The Balaban J connectivity index is 0.000000383. The number of piperidine rings is 1. The van der Waals surface area contributed by atoms with Crippen LogP contribution in [0.2, 0.25) is 0 Å². The normalized spacial score (nSPS) is 24.9. The number of nitrogens with zero attached hydrogens (tertiary/aromatic N) is 3. The minimum atomic E-state index is -5.08. The summed E-state index contributed by atoms with van der Waals surface area (Å²) in [5, 5.41) is 7.12. The van der Waals surface area contributed by atoms with Crippen molar-refractivity contribution in [2.45, 2.75) is 45.8 Å². The predicted molar refractivity (Wildman–Crippen MR) is 111 cm³/mol. The van der Waals surface area contributed by atoms with Crippen molar-refractivity contribution in [3.63, 3.8) is 0 Å². The van der Waals surface area contributed by atoms with E-state index in [4.69, 9.17) is 14.3 Å². The maximum Gasteiger partial charge on any atom is 0.490 e. The molecule has 1 N–H and O–H groups in total. The van der Waals surface area contributed by atoms with E-state index in [1.807, 2.05) is 28.9 Å². The van der Waals surface area contributed by atoms with E-state index in [9.17, 15) is 22.8 Å². The van der Waals surface area contributed by atoms with Gasteiger partial charge in [0.05, 0.1) is 18.2 Å². The van der Waals surface area contributed by atoms with Gasteiger partial charge in [0.15, 0.2) is 0 Å². The summed E-state index contributed by atoms with van der Waals surface area (Å²) in [6.45, 7) is 9.35. The number of halogens is 3. The summed E-state index contributed by atoms with van der Waals surface area (Å²) in [5.41, 5.74) is -0.440. The van der Waals surface area contributed by atoms with Gasteiger partial charge in [0, 0.05) is 38.5 Å². The van der Waals surface area contributed by atoms with Crippen LogP contribution in [0, 0.1) is 10.8 Å². The summed E-state index contributed by atoms with van der Waals surface area (Å²) < 4.78 is 37.2. The summed E-state index contributed by atoms with van der Waals surface area (Å²) >= 11 is 0. The van der Waals surface area contributed by atoms with Crippen molar-refractivity contribution in [3.05, 3.63) is 24.2 Å². The number of furan rings is 1. The highest BCUT2D eigenvalue weighted by Crippen LogP contribution is 2.57. The fourth-order valence-electron chi connectivity index (χ4n) is 5.46. The molecule has 0 aliphatic carbocycles. The van der Waals surface area contributed by atoms with Crippen molar-refractivity contribution in [2.24, 2.45) is 10.8 Å². The first-order chi connectivity index (χ1) is 15.4. The van der Waals surface area contributed by atoms with Gasteiger partial charge in [0.25, 0.3) is 0 Å². The number of carboxylic acid groups (broad SMARTS) is 1. The molecule has 184 valence electrons. The molecule has 3 aliphatic rings. The fourth-order valence-corrected chi connectivity index (χ4v) is 5.46. The van der Waals surface area contributed by atoms with Gasteiger partial charge >= 0.3 is 12.1 Å². The third-order valence-electron chi connectivity index (χ3n) is 7.32. The van der Waals surface area contributed by atoms with E-state index < -0.39 is 12.1 Å². The van der Waals surface area contributed by atoms with Gasteiger partial charge < -0.3 is 19.3 Å². The molecule has 3 aliphatic heterocycles. The van der Waals surface area contributed by atoms with E-state index in [0.717, 1.165) is 64.3 Å². The number of aliphatic carboxylic acids is 1. The summed E-state index contributed by atoms with van der Waals surface area (Å²) in [6.07, 6.45) is -0.531. The van der Waals surface area contributed by atoms with Gasteiger partial charge in [-0.05, 0) is 51.4 Å². The molecule has 1 atom stereocenters. The molecular weight excluding hydrogens is 443 g/mol. The third-order valence-corrected chi connectivity index (χ3v) is 7.32. The lowest BCUT2D eigenvalue weighted by Crippen LogP contribution is -2.52. The standard InChI is InChI=1S/C20H29N3O3.C2HF3O2/c1-3-22-11-8-20(18(22)25)15-23(16(2)24)14-19(20)6-9-21(10-7-19)13-17-5-4-12-26-17;3-2(4,5)1(6)7/h4-5,12H,3,6-11,13-15H2,1-2H3;(H,6,7). The second-order valence-corrected chi connectivity index (χ2v) is 9.03. The Bertz CT molecular complexity index is 865. The van der Waals surface area contributed by atoms with Crippen molar-refractivity contribution >= 4 is 17.8 Å². The smallest absolute Gasteiger partial charge is 0.475 e. The molecule has 1 unspecified atom stereocenters. The number of carbonyl (C=O) groups excluding carboxylic acids is 2. The Labute approximate surface area is 190 Å². The Morgan fingerprint density at radius 2 is 1.79 bits per heavy atom. The first-order valence-corrected chi connectivity index (χ1v) is 11.0. The topological polar surface area (TPSA) is 94.3 Å². The number of amides is 2. The molecule has 3 saturated heterocycles. The lowest BCUT2D eigenvalue weighted by atomic mass is 9.60. The van der Waals surface area contributed by atoms with Crippen molar-refractivity contribution in [2.75, 3.05) is 39.3 Å². The second-order valence-electron chi connectivity index (χ2n) is 9.03. The molecule has 0 radical (unpaired) electrons. The van der Waals surface area contributed by atoms with Crippen LogP contribution in [0.5, 0.6) is 0 Å². The lowest BCUT2D eigenvalue weighted by Gasteiger charge is -2.46. The Morgan fingerprint density at radius 1 is 1.15 bits per heavy atom. The van der Waals surface area contributed by atoms with E-state index in [2.05, 4.69) is 4.90 Å². The van der Waals surface area contributed by atoms with Gasteiger partial charge in [0.1, 0.15) is 5.76 Å². The van der Waals surface area contributed by atoms with Crippen molar-refractivity contribution in [1.29, 1.82) is 0 Å². The molecule has 3 fully saturated rings. The molecule has 4 rings (SSSR count). The van der Waals surface area contributed by atoms with Crippen LogP contribution >= 0.6 is 0 Å². The molecule has 0 aromatic carbocycles. The second kappa shape index (κ2) is 9.36. The number of alkyl halides is 3. The average molecular weight is 473 g/mol. The Kier molecular flexibility index (Phi) is 7.11. The van der Waals surface area contributed by atoms with Crippen LogP contribution in [0.4, 0.5) is 13.2 Å². The monoisotopic (exact) mass is 473 g/mol. The van der Waals surface area contributed by atoms with Gasteiger partial charge in [0.2, 0.25) is 11.8 Å². The number of carbonyl (C=O) groups is 3. The highest BCUT2D eigenvalue weighted by Gasteiger charge is 2.65. The maximum absolute atomic E-state index is 13.3. The largest absolute Gasteiger partial charge is 0.490 e. The van der Waals surface area contributed by atoms with Gasteiger partial charge in [-0.3, -0.25) is 14.5 Å². The number of hydrogen-bond donors (Lipinski definition) is 1. The van der Waals surface area contributed by atoms with E-state index in [-0.39, 0.29) is 22.6 Å². The molecule has 0 saturated carbocycles. The maximum atomic E-state index is 13.3. The number of hydrogen-bond acceptors (Lipinski definition) is 5. The number of likely N-dealkylation sites (tertiary alicyclic amines) is 3. The number of fused-ring (bicyclic) bond motifs is 1. The van der Waals surface area contributed by atoms with Gasteiger partial charge in [-0.1, -0.05) is 0 Å². The lowest BCUT2D eigenvalue weighted by molar-refractivity contribution is -0.192. The molecule has 4 heterocycles. The van der Waals surface area contributed by atoms with Crippen LogP contribution in [-0.2, 0) is 20.9 Å². The van der Waals surface area contributed by atoms with Crippen molar-refractivity contribution in [1.82, 2.24) is 14.7 Å². The number of carboxylic acids is 1. The SMILES string of the molecule is CCN1CCC2(CN(C(C)=O)CC23CCN(Cc2ccco2)CC3)C1=O.O=C(O)C(F)(F)F. The Morgan fingerprint density at radius 3 is 2.24 bits per heavy atom. The zero-order valence-corrected chi connectivity index (χ0v) is 18.9. The summed E-state index contributed by atoms with van der Waals surface area (Å²) in [7, 11) is 0. The summed E-state index contributed by atoms with van der Waals surface area (Å²) in [4.78, 5) is 40.6. The highest BCUT2D eigenvalue weighted by molar-refractivity contribution is 5.88. The summed E-state index contributed by atoms with van der Waals surface area (Å²) in [6, 6.07) is 3.94. The molecular formula is C22H30F3N3O5. The van der Waals surface area contributed by atoms with E-state index in [1.165, 1.54) is 0 Å². The van der Waals surface area contributed by atoms with Gasteiger partial charge in [-0.2, -0.15) is 13.2 Å². The van der Waals surface area contributed by atoms with Crippen LogP contribution in [0.3, 0.4) is 0 Å². The Hall–Kier alpha value is -2.56. The first kappa shape index (κ1) is 25.1. The van der Waals surface area contributed by atoms with E-state index in [1.54, 1.807) is 13.2 Å². The van der Waals surface area contributed by atoms with E-state index >= 15 is 0 Å². The third kappa shape index (κ3) is 4.87. The fraction of sp³-hybridized carbons (Fsp3) is 0.682. The quantitative estimate of drug-likeness (QED) is 0.725. The zero-order valence-electron chi connectivity index (χ0n) is 18.9.